The predicted molar refractivity (Wildman–Crippen MR) is 67.8 cm³/mol. The Morgan fingerprint density at radius 3 is 2.68 bits per heavy atom. The topological polar surface area (TPSA) is 42.2 Å². The predicted octanol–water partition coefficient (Wildman–Crippen LogP) is 2.66. The fraction of sp³-hybridized carbons (Fsp3) is 0.615. The van der Waals surface area contributed by atoms with Crippen molar-refractivity contribution in [1.29, 1.82) is 0 Å². The third kappa shape index (κ3) is 3.00. The molecular weight excluding hydrogens is 255 g/mol. The van der Waals surface area contributed by atoms with Crippen molar-refractivity contribution in [2.45, 2.75) is 32.0 Å². The number of piperidine rings is 1. The molecule has 3 nitrogen and oxygen atoms in total. The number of nitrogens with zero attached hydrogens (tertiary/aromatic N) is 2. The van der Waals surface area contributed by atoms with E-state index in [0.717, 1.165) is 31.6 Å². The van der Waals surface area contributed by atoms with Crippen LogP contribution in [0.5, 0.6) is 0 Å². The van der Waals surface area contributed by atoms with Crippen molar-refractivity contribution in [3.8, 4) is 0 Å². The van der Waals surface area contributed by atoms with E-state index in [1.807, 2.05) is 4.90 Å². The Morgan fingerprint density at radius 2 is 2.16 bits per heavy atom. The van der Waals surface area contributed by atoms with Crippen molar-refractivity contribution in [2.75, 3.05) is 18.0 Å². The van der Waals surface area contributed by atoms with Crippen molar-refractivity contribution in [2.24, 2.45) is 11.7 Å². The number of anilines is 1. The van der Waals surface area contributed by atoms with Crippen LogP contribution in [0.25, 0.3) is 0 Å². The Balaban J connectivity index is 2.21. The summed E-state index contributed by atoms with van der Waals surface area (Å²) in [5.74, 6) is 1.01. The summed E-state index contributed by atoms with van der Waals surface area (Å²) in [6.45, 7) is 3.40. The van der Waals surface area contributed by atoms with Crippen LogP contribution in [0, 0.1) is 5.92 Å². The number of rotatable bonds is 2. The van der Waals surface area contributed by atoms with E-state index in [1.165, 1.54) is 6.07 Å². The zero-order valence-electron chi connectivity index (χ0n) is 10.8. The van der Waals surface area contributed by atoms with E-state index in [9.17, 15) is 13.2 Å². The van der Waals surface area contributed by atoms with Crippen LogP contribution in [0.3, 0.4) is 0 Å². The summed E-state index contributed by atoms with van der Waals surface area (Å²) < 4.78 is 37.5. The molecule has 0 aromatic carbocycles. The van der Waals surface area contributed by atoms with Crippen LogP contribution in [0.2, 0.25) is 0 Å². The lowest BCUT2D eigenvalue weighted by molar-refractivity contribution is -0.137. The maximum absolute atomic E-state index is 12.5. The summed E-state index contributed by atoms with van der Waals surface area (Å²) in [5, 5.41) is 0. The second-order valence-electron chi connectivity index (χ2n) is 5.02. The molecule has 1 fully saturated rings. The molecule has 2 unspecified atom stereocenters. The average Bonchev–Trinajstić information content (AvgIpc) is 2.37. The Hall–Kier alpha value is -1.30. The summed E-state index contributed by atoms with van der Waals surface area (Å²) >= 11 is 0. The van der Waals surface area contributed by atoms with Crippen molar-refractivity contribution in [3.05, 3.63) is 23.9 Å². The fourth-order valence-electron chi connectivity index (χ4n) is 2.62. The van der Waals surface area contributed by atoms with Crippen LogP contribution in [-0.2, 0) is 6.18 Å². The average molecular weight is 273 g/mol. The van der Waals surface area contributed by atoms with Crippen molar-refractivity contribution < 1.29 is 13.2 Å². The van der Waals surface area contributed by atoms with Crippen LogP contribution in [0.1, 0.15) is 25.3 Å². The molecule has 6 heteroatoms. The van der Waals surface area contributed by atoms with Gasteiger partial charge in [-0.3, -0.25) is 0 Å². The lowest BCUT2D eigenvalue weighted by atomic mass is 9.91. The van der Waals surface area contributed by atoms with Crippen LogP contribution < -0.4 is 10.6 Å². The second-order valence-corrected chi connectivity index (χ2v) is 5.02. The molecule has 2 heterocycles. The highest BCUT2D eigenvalue weighted by molar-refractivity contribution is 5.42. The first kappa shape index (κ1) is 14.1. The minimum atomic E-state index is -4.34. The van der Waals surface area contributed by atoms with Gasteiger partial charge in [0.15, 0.2) is 0 Å². The van der Waals surface area contributed by atoms with Crippen molar-refractivity contribution in [1.82, 2.24) is 4.98 Å². The van der Waals surface area contributed by atoms with Gasteiger partial charge in [0.05, 0.1) is 5.56 Å². The van der Waals surface area contributed by atoms with Gasteiger partial charge in [0.2, 0.25) is 0 Å². The van der Waals surface area contributed by atoms with E-state index in [-0.39, 0.29) is 6.04 Å². The van der Waals surface area contributed by atoms with E-state index in [1.54, 1.807) is 0 Å². The van der Waals surface area contributed by atoms with Crippen LogP contribution in [0.4, 0.5) is 19.0 Å². The fourth-order valence-corrected chi connectivity index (χ4v) is 2.62. The van der Waals surface area contributed by atoms with E-state index in [4.69, 9.17) is 5.73 Å². The molecule has 2 rings (SSSR count). The van der Waals surface area contributed by atoms with E-state index >= 15 is 0 Å². The second kappa shape index (κ2) is 5.36. The number of nitrogens with two attached hydrogens (primary N) is 1. The molecule has 0 radical (unpaired) electrons. The number of pyridine rings is 1. The highest BCUT2D eigenvalue weighted by Gasteiger charge is 2.32. The van der Waals surface area contributed by atoms with Gasteiger partial charge in [0.25, 0.3) is 0 Å². The molecule has 0 bridgehead atoms. The number of aromatic nitrogens is 1. The molecule has 0 amide bonds. The van der Waals surface area contributed by atoms with Gasteiger partial charge in [-0.2, -0.15) is 13.2 Å². The Bertz CT molecular complexity index is 416. The highest BCUT2D eigenvalue weighted by atomic mass is 19.4. The Kier molecular flexibility index (Phi) is 3.99. The Morgan fingerprint density at radius 1 is 1.42 bits per heavy atom. The van der Waals surface area contributed by atoms with E-state index < -0.39 is 11.7 Å². The largest absolute Gasteiger partial charge is 0.417 e. The zero-order chi connectivity index (χ0) is 14.0. The molecule has 19 heavy (non-hydrogen) atoms. The monoisotopic (exact) mass is 273 g/mol. The first-order valence-corrected chi connectivity index (χ1v) is 6.43. The minimum absolute atomic E-state index is 0.151. The van der Waals surface area contributed by atoms with Gasteiger partial charge >= 0.3 is 6.18 Å². The van der Waals surface area contributed by atoms with Gasteiger partial charge in [0, 0.05) is 25.3 Å². The molecule has 0 aliphatic carbocycles. The molecule has 1 aliphatic heterocycles. The molecule has 1 aliphatic rings. The van der Waals surface area contributed by atoms with Crippen LogP contribution in [-0.4, -0.2) is 24.1 Å². The molecule has 2 N–H and O–H groups in total. The van der Waals surface area contributed by atoms with Gasteiger partial charge in [-0.15, -0.1) is 0 Å². The summed E-state index contributed by atoms with van der Waals surface area (Å²) in [5.41, 5.74) is 5.05. The lowest BCUT2D eigenvalue weighted by Gasteiger charge is -2.40. The number of hydrogen-bond donors (Lipinski definition) is 1. The van der Waals surface area contributed by atoms with Crippen LogP contribution in [0.15, 0.2) is 18.3 Å². The summed E-state index contributed by atoms with van der Waals surface area (Å²) in [4.78, 5) is 5.97. The standard InChI is InChI=1S/C13H18F3N3/c1-9-3-2-6-19(11(9)7-17)12-5-4-10(8-18-12)13(14,15)16/h4-5,8-9,11H,2-3,6-7,17H2,1H3. The third-order valence-electron chi connectivity index (χ3n) is 3.73. The summed E-state index contributed by atoms with van der Waals surface area (Å²) in [6, 6.07) is 2.66. The zero-order valence-corrected chi connectivity index (χ0v) is 10.8. The van der Waals surface area contributed by atoms with Crippen molar-refractivity contribution in [3.63, 3.8) is 0 Å². The molecule has 1 aromatic heterocycles. The van der Waals surface area contributed by atoms with Gasteiger partial charge in [-0.1, -0.05) is 6.92 Å². The molecule has 1 aromatic rings. The van der Waals surface area contributed by atoms with Crippen molar-refractivity contribution >= 4 is 5.82 Å². The van der Waals surface area contributed by atoms with Crippen LogP contribution >= 0.6 is 0 Å². The third-order valence-corrected chi connectivity index (χ3v) is 3.73. The molecule has 106 valence electrons. The van der Waals surface area contributed by atoms with E-state index in [0.29, 0.717) is 18.3 Å². The molecule has 0 saturated carbocycles. The van der Waals surface area contributed by atoms with Gasteiger partial charge < -0.3 is 10.6 Å². The normalized spacial score (nSPS) is 24.6. The van der Waals surface area contributed by atoms with Gasteiger partial charge in [-0.05, 0) is 30.9 Å². The number of halogens is 3. The highest BCUT2D eigenvalue weighted by Crippen LogP contribution is 2.31. The summed E-state index contributed by atoms with van der Waals surface area (Å²) in [6.07, 6.45) is -1.34. The SMILES string of the molecule is CC1CCCN(c2ccc(C(F)(F)F)cn2)C1CN. The smallest absolute Gasteiger partial charge is 0.352 e. The lowest BCUT2D eigenvalue weighted by Crippen LogP contribution is -2.49. The first-order chi connectivity index (χ1) is 8.93. The van der Waals surface area contributed by atoms with Gasteiger partial charge in [-0.25, -0.2) is 4.98 Å². The maximum Gasteiger partial charge on any atom is 0.417 e. The number of hydrogen-bond acceptors (Lipinski definition) is 3. The minimum Gasteiger partial charge on any atom is -0.352 e. The number of alkyl halides is 3. The first-order valence-electron chi connectivity index (χ1n) is 6.43. The molecular formula is C13H18F3N3. The van der Waals surface area contributed by atoms with Gasteiger partial charge in [0.1, 0.15) is 5.82 Å². The molecule has 0 spiro atoms. The maximum atomic E-state index is 12.5. The summed E-state index contributed by atoms with van der Waals surface area (Å²) in [7, 11) is 0. The Labute approximate surface area is 110 Å². The quantitative estimate of drug-likeness (QED) is 0.900. The molecule has 1 saturated heterocycles. The van der Waals surface area contributed by atoms with E-state index in [2.05, 4.69) is 11.9 Å². The molecule has 2 atom stereocenters.